The van der Waals surface area contributed by atoms with E-state index in [0.29, 0.717) is 6.54 Å². The first kappa shape index (κ1) is 14.4. The van der Waals surface area contributed by atoms with Crippen molar-refractivity contribution in [3.63, 3.8) is 0 Å². The second-order valence-corrected chi connectivity index (χ2v) is 3.78. The van der Waals surface area contributed by atoms with Gasteiger partial charge in [0.25, 0.3) is 0 Å². The molecule has 4 nitrogen and oxygen atoms in total. The van der Waals surface area contributed by atoms with Gasteiger partial charge < -0.3 is 9.87 Å². The summed E-state index contributed by atoms with van der Waals surface area (Å²) in [7, 11) is -4.14. The molecule has 0 bridgehead atoms. The predicted octanol–water partition coefficient (Wildman–Crippen LogP) is -3.12. The van der Waals surface area contributed by atoms with E-state index in [-0.39, 0.29) is 29.6 Å². The van der Waals surface area contributed by atoms with E-state index in [0.717, 1.165) is 6.42 Å². The van der Waals surface area contributed by atoms with Crippen LogP contribution in [-0.2, 0) is 10.1 Å². The molecule has 0 saturated heterocycles. The molecular weight excluding hydrogens is 177 g/mol. The van der Waals surface area contributed by atoms with E-state index in [1.807, 2.05) is 6.92 Å². The largest absolute Gasteiger partial charge is 1.00 e. The molecule has 0 saturated carbocycles. The van der Waals surface area contributed by atoms with Crippen molar-refractivity contribution in [1.82, 2.24) is 5.32 Å². The molecule has 0 aromatic heterocycles. The predicted molar refractivity (Wildman–Crippen MR) is 37.5 cm³/mol. The van der Waals surface area contributed by atoms with Gasteiger partial charge in [0.1, 0.15) is 10.1 Å². The van der Waals surface area contributed by atoms with Crippen LogP contribution in [0.2, 0.25) is 0 Å². The van der Waals surface area contributed by atoms with E-state index in [1.165, 1.54) is 6.92 Å². The topological polar surface area (TPSA) is 69.2 Å². The van der Waals surface area contributed by atoms with Crippen molar-refractivity contribution in [1.29, 1.82) is 0 Å². The van der Waals surface area contributed by atoms with Gasteiger partial charge in [-0.15, -0.1) is 0 Å². The third kappa shape index (κ3) is 7.24. The van der Waals surface area contributed by atoms with Crippen molar-refractivity contribution in [3.05, 3.63) is 0 Å². The summed E-state index contributed by atoms with van der Waals surface area (Å²) in [5, 5.41) is 1.61. The van der Waals surface area contributed by atoms with Crippen LogP contribution in [0.25, 0.3) is 0 Å². The van der Waals surface area contributed by atoms with Crippen molar-refractivity contribution in [2.75, 3.05) is 6.54 Å². The van der Waals surface area contributed by atoms with Crippen LogP contribution < -0.4 is 34.9 Å². The van der Waals surface area contributed by atoms with Gasteiger partial charge >= 0.3 is 29.6 Å². The van der Waals surface area contributed by atoms with Crippen LogP contribution >= 0.6 is 0 Å². The smallest absolute Gasteiger partial charge is 0.747 e. The van der Waals surface area contributed by atoms with Crippen LogP contribution in [0.4, 0.5) is 0 Å². The molecule has 0 aliphatic heterocycles. The molecule has 1 unspecified atom stereocenters. The molecule has 1 atom stereocenters. The molecule has 0 spiro atoms. The second-order valence-electron chi connectivity index (χ2n) is 2.09. The summed E-state index contributed by atoms with van der Waals surface area (Å²) in [4.78, 5) is 0. The molecule has 0 aromatic carbocycles. The maximum absolute atomic E-state index is 10.2. The van der Waals surface area contributed by atoms with E-state index in [9.17, 15) is 13.0 Å². The zero-order valence-corrected chi connectivity index (χ0v) is 9.94. The van der Waals surface area contributed by atoms with E-state index >= 15 is 0 Å². The molecule has 6 heteroatoms. The van der Waals surface area contributed by atoms with Gasteiger partial charge in [0.15, 0.2) is 0 Å². The van der Waals surface area contributed by atoms with Crippen molar-refractivity contribution >= 4 is 10.1 Å². The summed E-state index contributed by atoms with van der Waals surface area (Å²) < 4.78 is 30.7. The van der Waals surface area contributed by atoms with Crippen molar-refractivity contribution < 1.29 is 42.5 Å². The SMILES string of the molecule is CCCNC(C)S(=O)(=O)[O-].[Na+]. The fourth-order valence-electron chi connectivity index (χ4n) is 0.450. The van der Waals surface area contributed by atoms with E-state index in [1.54, 1.807) is 0 Å². The maximum Gasteiger partial charge on any atom is 1.00 e. The standard InChI is InChI=1S/C5H13NO3S.Na/c1-3-4-6-5(2)10(7,8)9;/h5-6H,3-4H2,1-2H3,(H,7,8,9);/q;+1/p-1. The fraction of sp³-hybridized carbons (Fsp3) is 1.00. The number of rotatable bonds is 4. The normalized spacial score (nSPS) is 13.7. The molecular formula is C5H12NNaO3S. The Morgan fingerprint density at radius 1 is 1.55 bits per heavy atom. The van der Waals surface area contributed by atoms with Gasteiger partial charge in [0.05, 0.1) is 5.37 Å². The molecule has 1 N–H and O–H groups in total. The number of hydrogen-bond donors (Lipinski definition) is 1. The summed E-state index contributed by atoms with van der Waals surface area (Å²) in [6.07, 6.45) is 0.819. The summed E-state index contributed by atoms with van der Waals surface area (Å²) in [5.74, 6) is 0. The van der Waals surface area contributed by atoms with Crippen LogP contribution in [-0.4, -0.2) is 24.9 Å². The van der Waals surface area contributed by atoms with E-state index in [4.69, 9.17) is 0 Å². The summed E-state index contributed by atoms with van der Waals surface area (Å²) in [5.41, 5.74) is 0. The first-order valence-electron chi connectivity index (χ1n) is 3.16. The zero-order chi connectivity index (χ0) is 8.20. The molecule has 62 valence electrons. The van der Waals surface area contributed by atoms with Crippen molar-refractivity contribution in [2.24, 2.45) is 0 Å². The zero-order valence-electron chi connectivity index (χ0n) is 7.12. The Balaban J connectivity index is 0. The van der Waals surface area contributed by atoms with Gasteiger partial charge in [0.2, 0.25) is 0 Å². The van der Waals surface area contributed by atoms with Gasteiger partial charge in [-0.05, 0) is 19.9 Å². The van der Waals surface area contributed by atoms with Gasteiger partial charge in [0, 0.05) is 0 Å². The minimum Gasteiger partial charge on any atom is -0.747 e. The maximum atomic E-state index is 10.2. The Morgan fingerprint density at radius 3 is 2.27 bits per heavy atom. The molecule has 0 heterocycles. The van der Waals surface area contributed by atoms with Gasteiger partial charge in [-0.1, -0.05) is 6.92 Å². The Bertz CT molecular complexity index is 180. The first-order chi connectivity index (χ1) is 4.48. The average molecular weight is 189 g/mol. The first-order valence-corrected chi connectivity index (χ1v) is 4.63. The Labute approximate surface area is 89.8 Å². The molecule has 0 fully saturated rings. The van der Waals surface area contributed by atoms with Crippen LogP contribution in [0.1, 0.15) is 20.3 Å². The number of nitrogens with one attached hydrogen (secondary N) is 1. The molecule has 0 radical (unpaired) electrons. The van der Waals surface area contributed by atoms with Crippen LogP contribution in [0.15, 0.2) is 0 Å². The quantitative estimate of drug-likeness (QED) is 0.375. The molecule has 0 aliphatic carbocycles. The fourth-order valence-corrected chi connectivity index (χ4v) is 0.772. The number of hydrogen-bond acceptors (Lipinski definition) is 4. The van der Waals surface area contributed by atoms with E-state index < -0.39 is 15.5 Å². The Morgan fingerprint density at radius 2 is 2.00 bits per heavy atom. The van der Waals surface area contributed by atoms with Crippen LogP contribution in [0.5, 0.6) is 0 Å². The Hall–Kier alpha value is 0.870. The third-order valence-corrected chi connectivity index (χ3v) is 2.15. The summed E-state index contributed by atoms with van der Waals surface area (Å²) in [6.45, 7) is 3.80. The summed E-state index contributed by atoms with van der Waals surface area (Å²) in [6, 6.07) is 0. The van der Waals surface area contributed by atoms with Crippen LogP contribution in [0, 0.1) is 0 Å². The summed E-state index contributed by atoms with van der Waals surface area (Å²) >= 11 is 0. The average Bonchev–Trinajstić information content (AvgIpc) is 1.80. The minimum absolute atomic E-state index is 0. The second kappa shape index (κ2) is 6.39. The molecule has 11 heavy (non-hydrogen) atoms. The Kier molecular flexibility index (Phi) is 8.37. The van der Waals surface area contributed by atoms with Gasteiger partial charge in [-0.3, -0.25) is 0 Å². The monoisotopic (exact) mass is 189 g/mol. The van der Waals surface area contributed by atoms with Gasteiger partial charge in [-0.25, -0.2) is 8.42 Å². The molecule has 0 aliphatic rings. The van der Waals surface area contributed by atoms with Crippen LogP contribution in [0.3, 0.4) is 0 Å². The van der Waals surface area contributed by atoms with E-state index in [2.05, 4.69) is 5.32 Å². The third-order valence-electron chi connectivity index (χ3n) is 1.11. The molecule has 0 aromatic rings. The molecule has 0 rings (SSSR count). The molecule has 0 amide bonds. The van der Waals surface area contributed by atoms with Crippen molar-refractivity contribution in [3.8, 4) is 0 Å². The minimum atomic E-state index is -4.14. The van der Waals surface area contributed by atoms with Crippen molar-refractivity contribution in [2.45, 2.75) is 25.6 Å². The van der Waals surface area contributed by atoms with Gasteiger partial charge in [-0.2, -0.15) is 0 Å².